The monoisotopic (exact) mass is 422 g/mol. The summed E-state index contributed by atoms with van der Waals surface area (Å²) < 4.78 is 16.4. The molecule has 0 bridgehead atoms. The number of benzene rings is 2. The highest BCUT2D eigenvalue weighted by molar-refractivity contribution is 6.35. The van der Waals surface area contributed by atoms with E-state index in [-0.39, 0.29) is 6.61 Å². The standard InChI is InChI=1S/C20H20Cl2N2O4/c1-3-9-27-18-7-5-14(10-19(18)26-4-2)12-23-24-20(25)13-28-17-8-6-15(21)11-16(17)22/h3,5-8,10-12H,1,4,9,13H2,2H3,(H,24,25)/b23-12-. The summed E-state index contributed by atoms with van der Waals surface area (Å²) in [6.45, 7) is 6.13. The van der Waals surface area contributed by atoms with Gasteiger partial charge >= 0.3 is 0 Å². The molecule has 2 aromatic carbocycles. The number of halogens is 2. The molecular weight excluding hydrogens is 403 g/mol. The fourth-order valence-electron chi connectivity index (χ4n) is 2.09. The van der Waals surface area contributed by atoms with Crippen molar-refractivity contribution in [1.82, 2.24) is 5.43 Å². The van der Waals surface area contributed by atoms with Crippen molar-refractivity contribution in [3.63, 3.8) is 0 Å². The minimum Gasteiger partial charge on any atom is -0.490 e. The molecule has 8 heteroatoms. The van der Waals surface area contributed by atoms with Crippen LogP contribution in [-0.4, -0.2) is 31.9 Å². The van der Waals surface area contributed by atoms with Crippen molar-refractivity contribution in [3.05, 3.63) is 64.7 Å². The zero-order valence-corrected chi connectivity index (χ0v) is 16.8. The van der Waals surface area contributed by atoms with Gasteiger partial charge in [0.2, 0.25) is 0 Å². The van der Waals surface area contributed by atoms with Gasteiger partial charge < -0.3 is 14.2 Å². The summed E-state index contributed by atoms with van der Waals surface area (Å²) in [5.41, 5.74) is 3.12. The number of ether oxygens (including phenoxy) is 3. The molecule has 0 unspecified atom stereocenters. The van der Waals surface area contributed by atoms with Gasteiger partial charge in [0.1, 0.15) is 12.4 Å². The molecule has 0 heterocycles. The highest BCUT2D eigenvalue weighted by Crippen LogP contribution is 2.28. The zero-order chi connectivity index (χ0) is 20.4. The first-order chi connectivity index (χ1) is 13.5. The lowest BCUT2D eigenvalue weighted by Gasteiger charge is -2.11. The number of rotatable bonds is 10. The molecule has 0 aliphatic rings. The molecule has 28 heavy (non-hydrogen) atoms. The van der Waals surface area contributed by atoms with E-state index in [1.54, 1.807) is 36.4 Å². The van der Waals surface area contributed by atoms with Gasteiger partial charge in [-0.1, -0.05) is 35.9 Å². The van der Waals surface area contributed by atoms with Crippen LogP contribution >= 0.6 is 23.2 Å². The third-order valence-corrected chi connectivity index (χ3v) is 3.81. The molecule has 0 spiro atoms. The normalized spacial score (nSPS) is 10.5. The highest BCUT2D eigenvalue weighted by Gasteiger charge is 2.07. The molecule has 148 valence electrons. The van der Waals surface area contributed by atoms with Crippen molar-refractivity contribution < 1.29 is 19.0 Å². The van der Waals surface area contributed by atoms with Crippen LogP contribution in [0.3, 0.4) is 0 Å². The van der Waals surface area contributed by atoms with Crippen LogP contribution in [0.25, 0.3) is 0 Å². The number of hydrogen-bond acceptors (Lipinski definition) is 5. The summed E-state index contributed by atoms with van der Waals surface area (Å²) in [6, 6.07) is 10.1. The van der Waals surface area contributed by atoms with Crippen LogP contribution in [-0.2, 0) is 4.79 Å². The van der Waals surface area contributed by atoms with Crippen LogP contribution in [0.2, 0.25) is 10.0 Å². The zero-order valence-electron chi connectivity index (χ0n) is 15.3. The van der Waals surface area contributed by atoms with Crippen molar-refractivity contribution in [2.75, 3.05) is 19.8 Å². The second-order valence-electron chi connectivity index (χ2n) is 5.40. The highest BCUT2D eigenvalue weighted by atomic mass is 35.5. The third-order valence-electron chi connectivity index (χ3n) is 3.28. The molecule has 0 aromatic heterocycles. The van der Waals surface area contributed by atoms with Crippen LogP contribution < -0.4 is 19.6 Å². The molecule has 0 aliphatic heterocycles. The Morgan fingerprint density at radius 1 is 1.11 bits per heavy atom. The quantitative estimate of drug-likeness (QED) is 0.348. The Morgan fingerprint density at radius 3 is 2.61 bits per heavy atom. The van der Waals surface area contributed by atoms with E-state index in [9.17, 15) is 4.79 Å². The van der Waals surface area contributed by atoms with Crippen LogP contribution in [0.4, 0.5) is 0 Å². The SMILES string of the molecule is C=CCOc1ccc(/C=N\NC(=O)COc2ccc(Cl)cc2Cl)cc1OCC. The van der Waals surface area contributed by atoms with Crippen molar-refractivity contribution >= 4 is 35.3 Å². The largest absolute Gasteiger partial charge is 0.490 e. The summed E-state index contributed by atoms with van der Waals surface area (Å²) in [5, 5.41) is 4.72. The maximum Gasteiger partial charge on any atom is 0.277 e. The Kier molecular flexibility index (Phi) is 8.65. The predicted molar refractivity (Wildman–Crippen MR) is 111 cm³/mol. The van der Waals surface area contributed by atoms with E-state index < -0.39 is 5.91 Å². The lowest BCUT2D eigenvalue weighted by atomic mass is 10.2. The first-order valence-corrected chi connectivity index (χ1v) is 9.19. The van der Waals surface area contributed by atoms with Crippen molar-refractivity contribution in [2.45, 2.75) is 6.92 Å². The van der Waals surface area contributed by atoms with Gasteiger partial charge in [-0.15, -0.1) is 0 Å². The molecule has 0 saturated heterocycles. The molecule has 1 amide bonds. The lowest BCUT2D eigenvalue weighted by molar-refractivity contribution is -0.123. The van der Waals surface area contributed by atoms with E-state index in [0.717, 1.165) is 5.56 Å². The summed E-state index contributed by atoms with van der Waals surface area (Å²) in [6.07, 6.45) is 3.15. The maximum absolute atomic E-state index is 11.9. The smallest absolute Gasteiger partial charge is 0.277 e. The second kappa shape index (κ2) is 11.2. The molecule has 2 rings (SSSR count). The molecular formula is C20H20Cl2N2O4. The van der Waals surface area contributed by atoms with Crippen molar-refractivity contribution in [2.24, 2.45) is 5.10 Å². The minimum absolute atomic E-state index is 0.239. The average Bonchev–Trinajstić information content (AvgIpc) is 2.67. The molecule has 0 saturated carbocycles. The number of nitrogens with zero attached hydrogens (tertiary/aromatic N) is 1. The van der Waals surface area contributed by atoms with Gasteiger partial charge in [0.25, 0.3) is 5.91 Å². The molecule has 0 fully saturated rings. The Bertz CT molecular complexity index is 856. The summed E-state index contributed by atoms with van der Waals surface area (Å²) >= 11 is 11.8. The van der Waals surface area contributed by atoms with E-state index >= 15 is 0 Å². The second-order valence-corrected chi connectivity index (χ2v) is 6.24. The van der Waals surface area contributed by atoms with E-state index in [4.69, 9.17) is 37.4 Å². The fraction of sp³-hybridized carbons (Fsp3) is 0.200. The van der Waals surface area contributed by atoms with Crippen LogP contribution in [0, 0.1) is 0 Å². The number of carbonyl (C=O) groups excluding carboxylic acids is 1. The van der Waals surface area contributed by atoms with Gasteiger partial charge in [-0.2, -0.15) is 5.10 Å². The topological polar surface area (TPSA) is 69.2 Å². The fourth-order valence-corrected chi connectivity index (χ4v) is 2.55. The molecule has 1 N–H and O–H groups in total. The first kappa shape index (κ1) is 21.6. The Morgan fingerprint density at radius 2 is 1.89 bits per heavy atom. The molecule has 0 atom stereocenters. The Labute approximate surface area is 173 Å². The van der Waals surface area contributed by atoms with Crippen LogP contribution in [0.15, 0.2) is 54.2 Å². The summed E-state index contributed by atoms with van der Waals surface area (Å²) in [4.78, 5) is 11.9. The molecule has 2 aromatic rings. The average molecular weight is 423 g/mol. The number of amides is 1. The maximum atomic E-state index is 11.9. The van der Waals surface area contributed by atoms with Gasteiger partial charge in [-0.25, -0.2) is 5.43 Å². The van der Waals surface area contributed by atoms with Gasteiger partial charge in [-0.3, -0.25) is 4.79 Å². The predicted octanol–water partition coefficient (Wildman–Crippen LogP) is 4.49. The van der Waals surface area contributed by atoms with E-state index in [1.807, 2.05) is 6.92 Å². The summed E-state index contributed by atoms with van der Waals surface area (Å²) in [5.74, 6) is 1.12. The Hall–Kier alpha value is -2.70. The van der Waals surface area contributed by atoms with E-state index in [1.165, 1.54) is 12.3 Å². The summed E-state index contributed by atoms with van der Waals surface area (Å²) in [7, 11) is 0. The molecule has 0 radical (unpaired) electrons. The lowest BCUT2D eigenvalue weighted by Crippen LogP contribution is -2.24. The number of nitrogens with one attached hydrogen (secondary N) is 1. The number of carbonyl (C=O) groups is 1. The van der Waals surface area contributed by atoms with Gasteiger partial charge in [0.05, 0.1) is 17.8 Å². The van der Waals surface area contributed by atoms with E-state index in [2.05, 4.69) is 17.1 Å². The Balaban J connectivity index is 1.91. The van der Waals surface area contributed by atoms with Gasteiger partial charge in [0.15, 0.2) is 18.1 Å². The third kappa shape index (κ3) is 6.79. The number of hydrazone groups is 1. The minimum atomic E-state index is -0.432. The molecule has 6 nitrogen and oxygen atoms in total. The number of hydrogen-bond donors (Lipinski definition) is 1. The van der Waals surface area contributed by atoms with Crippen LogP contribution in [0.1, 0.15) is 12.5 Å². The van der Waals surface area contributed by atoms with Crippen LogP contribution in [0.5, 0.6) is 17.2 Å². The van der Waals surface area contributed by atoms with Gasteiger partial charge in [0, 0.05) is 5.02 Å². The van der Waals surface area contributed by atoms with Crippen molar-refractivity contribution in [3.8, 4) is 17.2 Å². The van der Waals surface area contributed by atoms with Gasteiger partial charge in [-0.05, 0) is 48.9 Å². The van der Waals surface area contributed by atoms with Crippen molar-refractivity contribution in [1.29, 1.82) is 0 Å². The van der Waals surface area contributed by atoms with E-state index in [0.29, 0.717) is 40.5 Å². The molecule has 0 aliphatic carbocycles. The first-order valence-electron chi connectivity index (χ1n) is 8.43.